The predicted molar refractivity (Wildman–Crippen MR) is 72.3 cm³/mol. The molecule has 0 aliphatic heterocycles. The predicted octanol–water partition coefficient (Wildman–Crippen LogP) is 1.99. The topological polar surface area (TPSA) is 71.2 Å². The summed E-state index contributed by atoms with van der Waals surface area (Å²) in [6.45, 7) is 4.30. The van der Waals surface area contributed by atoms with Gasteiger partial charge in [0.15, 0.2) is 0 Å². The van der Waals surface area contributed by atoms with Crippen LogP contribution < -0.4 is 5.32 Å². The highest BCUT2D eigenvalue weighted by molar-refractivity contribution is 5.51. The van der Waals surface area contributed by atoms with E-state index in [-0.39, 0.29) is 12.1 Å². The molecule has 1 heterocycles. The lowest BCUT2D eigenvalue weighted by Crippen LogP contribution is -2.28. The summed E-state index contributed by atoms with van der Waals surface area (Å²) in [5, 5.41) is 20.5. The van der Waals surface area contributed by atoms with Crippen molar-refractivity contribution in [2.45, 2.75) is 39.0 Å². The smallest absolute Gasteiger partial charge is 0.247 e. The maximum Gasteiger partial charge on any atom is 0.247 e. The van der Waals surface area contributed by atoms with Gasteiger partial charge in [0.05, 0.1) is 12.6 Å². The summed E-state index contributed by atoms with van der Waals surface area (Å²) in [5.74, 6) is 1.08. The molecule has 102 valence electrons. The molecule has 1 aromatic heterocycles. The van der Waals surface area contributed by atoms with E-state index in [1.165, 1.54) is 0 Å². The summed E-state index contributed by atoms with van der Waals surface area (Å²) in [5.41, 5.74) is 0.915. The lowest BCUT2D eigenvalue weighted by molar-refractivity contribution is 0.169. The minimum atomic E-state index is -0.315. The van der Waals surface area contributed by atoms with Gasteiger partial charge in [0.25, 0.3) is 0 Å². The van der Waals surface area contributed by atoms with Crippen molar-refractivity contribution in [3.05, 3.63) is 36.2 Å². The molecule has 5 nitrogen and oxygen atoms in total. The molecule has 5 heteroatoms. The zero-order valence-corrected chi connectivity index (χ0v) is 11.2. The summed E-state index contributed by atoms with van der Waals surface area (Å²) in [6.07, 6.45) is 0.379. The van der Waals surface area contributed by atoms with Crippen molar-refractivity contribution in [2.24, 2.45) is 0 Å². The van der Waals surface area contributed by atoms with Gasteiger partial charge < -0.3 is 14.8 Å². The van der Waals surface area contributed by atoms with Crippen LogP contribution in [-0.4, -0.2) is 27.4 Å². The third-order valence-corrected chi connectivity index (χ3v) is 2.78. The van der Waals surface area contributed by atoms with Crippen molar-refractivity contribution in [3.63, 3.8) is 0 Å². The number of aliphatic hydroxyl groups excluding tert-OH is 1. The van der Waals surface area contributed by atoms with Crippen LogP contribution in [0.5, 0.6) is 0 Å². The Hall–Kier alpha value is -1.72. The van der Waals surface area contributed by atoms with E-state index in [1.54, 1.807) is 6.92 Å². The summed E-state index contributed by atoms with van der Waals surface area (Å²) in [7, 11) is 0. The molecule has 2 rings (SSSR count). The molecule has 2 N–H and O–H groups in total. The third-order valence-electron chi connectivity index (χ3n) is 2.78. The van der Waals surface area contributed by atoms with Gasteiger partial charge in [-0.3, -0.25) is 0 Å². The van der Waals surface area contributed by atoms with Crippen molar-refractivity contribution >= 4 is 0 Å². The molecular formula is C14H19N3O2. The van der Waals surface area contributed by atoms with Gasteiger partial charge in [0.2, 0.25) is 11.8 Å². The summed E-state index contributed by atoms with van der Waals surface area (Å²) < 4.78 is 5.58. The molecule has 2 unspecified atom stereocenters. The van der Waals surface area contributed by atoms with Gasteiger partial charge in [-0.2, -0.15) is 0 Å². The molecule has 0 amide bonds. The fraction of sp³-hybridized carbons (Fsp3) is 0.429. The SMILES string of the molecule is CC(O)CC(C)NCc1nnc(-c2ccccc2)o1. The number of nitrogens with zero attached hydrogens (tertiary/aromatic N) is 2. The Balaban J connectivity index is 1.91. The van der Waals surface area contributed by atoms with Crippen LogP contribution in [0.1, 0.15) is 26.2 Å². The summed E-state index contributed by atoms with van der Waals surface area (Å²) >= 11 is 0. The average Bonchev–Trinajstić information content (AvgIpc) is 2.85. The second-order valence-corrected chi connectivity index (χ2v) is 4.73. The van der Waals surface area contributed by atoms with E-state index in [9.17, 15) is 5.11 Å². The molecule has 0 spiro atoms. The van der Waals surface area contributed by atoms with Crippen molar-refractivity contribution in [1.29, 1.82) is 0 Å². The van der Waals surface area contributed by atoms with Crippen LogP contribution in [0.15, 0.2) is 34.7 Å². The van der Waals surface area contributed by atoms with Crippen molar-refractivity contribution in [3.8, 4) is 11.5 Å². The zero-order valence-electron chi connectivity index (χ0n) is 11.2. The largest absolute Gasteiger partial charge is 0.419 e. The lowest BCUT2D eigenvalue weighted by Gasteiger charge is -2.13. The number of aliphatic hydroxyl groups is 1. The summed E-state index contributed by atoms with van der Waals surface area (Å²) in [4.78, 5) is 0. The van der Waals surface area contributed by atoms with Crippen molar-refractivity contribution in [2.75, 3.05) is 0 Å². The fourth-order valence-corrected chi connectivity index (χ4v) is 1.88. The highest BCUT2D eigenvalue weighted by Gasteiger charge is 2.10. The zero-order chi connectivity index (χ0) is 13.7. The summed E-state index contributed by atoms with van der Waals surface area (Å²) in [6, 6.07) is 9.87. The highest BCUT2D eigenvalue weighted by atomic mass is 16.4. The first-order valence-corrected chi connectivity index (χ1v) is 6.44. The Kier molecular flexibility index (Phi) is 4.65. The van der Waals surface area contributed by atoms with Crippen LogP contribution in [-0.2, 0) is 6.54 Å². The molecular weight excluding hydrogens is 242 g/mol. The van der Waals surface area contributed by atoms with Crippen LogP contribution in [0.3, 0.4) is 0 Å². The van der Waals surface area contributed by atoms with Crippen molar-refractivity contribution in [1.82, 2.24) is 15.5 Å². The maximum absolute atomic E-state index is 9.28. The number of rotatable bonds is 6. The second-order valence-electron chi connectivity index (χ2n) is 4.73. The molecule has 0 aliphatic carbocycles. The van der Waals surface area contributed by atoms with E-state index in [2.05, 4.69) is 15.5 Å². The van der Waals surface area contributed by atoms with E-state index < -0.39 is 0 Å². The van der Waals surface area contributed by atoms with Crippen LogP contribution in [0.4, 0.5) is 0 Å². The van der Waals surface area contributed by atoms with E-state index in [0.717, 1.165) is 5.56 Å². The van der Waals surface area contributed by atoms with Crippen LogP contribution >= 0.6 is 0 Å². The average molecular weight is 261 g/mol. The van der Waals surface area contributed by atoms with E-state index in [0.29, 0.717) is 24.7 Å². The number of hydrogen-bond donors (Lipinski definition) is 2. The molecule has 0 radical (unpaired) electrons. The molecule has 2 aromatic rings. The van der Waals surface area contributed by atoms with E-state index in [1.807, 2.05) is 37.3 Å². The number of benzene rings is 1. The molecule has 0 aliphatic rings. The monoisotopic (exact) mass is 261 g/mol. The van der Waals surface area contributed by atoms with E-state index >= 15 is 0 Å². The van der Waals surface area contributed by atoms with E-state index in [4.69, 9.17) is 4.42 Å². The number of hydrogen-bond acceptors (Lipinski definition) is 5. The van der Waals surface area contributed by atoms with Gasteiger partial charge in [-0.05, 0) is 32.4 Å². The standard InChI is InChI=1S/C14H19N3O2/c1-10(8-11(2)18)15-9-13-16-17-14(19-13)12-6-4-3-5-7-12/h3-7,10-11,15,18H,8-9H2,1-2H3. The van der Waals surface area contributed by atoms with Gasteiger partial charge in [0.1, 0.15) is 0 Å². The van der Waals surface area contributed by atoms with Crippen molar-refractivity contribution < 1.29 is 9.52 Å². The first-order chi connectivity index (χ1) is 9.15. The molecule has 0 saturated carbocycles. The highest BCUT2D eigenvalue weighted by Crippen LogP contribution is 2.16. The molecule has 19 heavy (non-hydrogen) atoms. The van der Waals surface area contributed by atoms with Gasteiger partial charge in [-0.15, -0.1) is 10.2 Å². The maximum atomic E-state index is 9.28. The fourth-order valence-electron chi connectivity index (χ4n) is 1.88. The Morgan fingerprint density at radius 1 is 1.21 bits per heavy atom. The van der Waals surface area contributed by atoms with Gasteiger partial charge >= 0.3 is 0 Å². The Morgan fingerprint density at radius 3 is 2.63 bits per heavy atom. The number of nitrogens with one attached hydrogen (secondary N) is 1. The van der Waals surface area contributed by atoms with Gasteiger partial charge in [0, 0.05) is 11.6 Å². The Morgan fingerprint density at radius 2 is 1.95 bits per heavy atom. The lowest BCUT2D eigenvalue weighted by atomic mass is 10.1. The Bertz CT molecular complexity index is 496. The van der Waals surface area contributed by atoms with Crippen LogP contribution in [0, 0.1) is 0 Å². The van der Waals surface area contributed by atoms with Gasteiger partial charge in [-0.1, -0.05) is 18.2 Å². The van der Waals surface area contributed by atoms with Crippen LogP contribution in [0.25, 0.3) is 11.5 Å². The molecule has 1 aromatic carbocycles. The van der Waals surface area contributed by atoms with Gasteiger partial charge in [-0.25, -0.2) is 0 Å². The normalized spacial score (nSPS) is 14.3. The molecule has 0 bridgehead atoms. The first kappa shape index (κ1) is 13.7. The quantitative estimate of drug-likeness (QED) is 0.832. The molecule has 0 fully saturated rings. The molecule has 2 atom stereocenters. The first-order valence-electron chi connectivity index (χ1n) is 6.44. The van der Waals surface area contributed by atoms with Crippen LogP contribution in [0.2, 0.25) is 0 Å². The molecule has 0 saturated heterocycles. The Labute approximate surface area is 112 Å². The minimum Gasteiger partial charge on any atom is -0.419 e. The second kappa shape index (κ2) is 6.45. The minimum absolute atomic E-state index is 0.201. The number of aromatic nitrogens is 2. The third kappa shape index (κ3) is 4.15.